The molecule has 0 radical (unpaired) electrons. The van der Waals surface area contributed by atoms with Gasteiger partial charge in [0, 0.05) is 16.8 Å². The molecule has 0 saturated carbocycles. The predicted octanol–water partition coefficient (Wildman–Crippen LogP) is 3.86. The highest BCUT2D eigenvalue weighted by molar-refractivity contribution is 7.19. The summed E-state index contributed by atoms with van der Waals surface area (Å²) >= 11 is 1.45. The van der Waals surface area contributed by atoms with Crippen molar-refractivity contribution in [2.24, 2.45) is 0 Å². The average Bonchev–Trinajstić information content (AvgIpc) is 3.19. The number of benzene rings is 2. The number of nitrogens with one attached hydrogen (secondary N) is 1. The Balaban J connectivity index is 1.59. The molecule has 0 unspecified atom stereocenters. The molecule has 2 heterocycles. The first-order valence-corrected chi connectivity index (χ1v) is 8.70. The van der Waals surface area contributed by atoms with Crippen molar-refractivity contribution in [2.45, 2.75) is 13.8 Å². The smallest absolute Gasteiger partial charge is 0.255 e. The second-order valence-electron chi connectivity index (χ2n) is 5.84. The van der Waals surface area contributed by atoms with E-state index in [1.165, 1.54) is 35.6 Å². The van der Waals surface area contributed by atoms with E-state index in [2.05, 4.69) is 20.6 Å². The molecule has 0 atom stereocenters. The third-order valence-corrected chi connectivity index (χ3v) is 4.92. The van der Waals surface area contributed by atoms with Crippen molar-refractivity contribution >= 4 is 27.9 Å². The van der Waals surface area contributed by atoms with Crippen LogP contribution in [0.5, 0.6) is 0 Å². The van der Waals surface area contributed by atoms with E-state index < -0.39 is 0 Å². The summed E-state index contributed by atoms with van der Waals surface area (Å²) < 4.78 is 14.7. The van der Waals surface area contributed by atoms with E-state index in [-0.39, 0.29) is 11.7 Å². The van der Waals surface area contributed by atoms with Crippen molar-refractivity contribution in [1.82, 2.24) is 19.8 Å². The molecule has 130 valence electrons. The first-order valence-electron chi connectivity index (χ1n) is 7.88. The lowest BCUT2D eigenvalue weighted by Crippen LogP contribution is -2.12. The van der Waals surface area contributed by atoms with Gasteiger partial charge in [-0.05, 0) is 61.9 Å². The molecule has 0 saturated heterocycles. The number of halogens is 1. The molecule has 26 heavy (non-hydrogen) atoms. The van der Waals surface area contributed by atoms with E-state index in [0.29, 0.717) is 11.3 Å². The van der Waals surface area contributed by atoms with Crippen molar-refractivity contribution in [2.75, 3.05) is 5.32 Å². The SMILES string of the molecule is Cc1cc(-c2nn3c(C)nnc3s2)ccc1NC(=O)c1ccc(F)cc1. The maximum absolute atomic E-state index is 13.0. The van der Waals surface area contributed by atoms with Crippen LogP contribution in [0.3, 0.4) is 0 Å². The third kappa shape index (κ3) is 2.95. The van der Waals surface area contributed by atoms with Crippen LogP contribution in [0, 0.1) is 19.7 Å². The fraction of sp³-hybridized carbons (Fsp3) is 0.111. The summed E-state index contributed by atoms with van der Waals surface area (Å²) in [6.45, 7) is 3.76. The predicted molar refractivity (Wildman–Crippen MR) is 97.9 cm³/mol. The van der Waals surface area contributed by atoms with Crippen molar-refractivity contribution in [3.8, 4) is 10.6 Å². The fourth-order valence-electron chi connectivity index (χ4n) is 2.56. The molecular weight excluding hydrogens is 353 g/mol. The van der Waals surface area contributed by atoms with E-state index in [1.807, 2.05) is 32.0 Å². The Morgan fingerprint density at radius 2 is 1.88 bits per heavy atom. The molecule has 4 rings (SSSR count). The Morgan fingerprint density at radius 1 is 1.12 bits per heavy atom. The Labute approximate surface area is 152 Å². The van der Waals surface area contributed by atoms with E-state index in [1.54, 1.807) is 4.52 Å². The minimum absolute atomic E-state index is 0.282. The lowest BCUT2D eigenvalue weighted by molar-refractivity contribution is 0.102. The second kappa shape index (κ2) is 6.30. The van der Waals surface area contributed by atoms with Gasteiger partial charge in [-0.15, -0.1) is 10.2 Å². The van der Waals surface area contributed by atoms with Crippen LogP contribution in [0.2, 0.25) is 0 Å². The molecule has 0 spiro atoms. The number of aryl methyl sites for hydroxylation is 2. The fourth-order valence-corrected chi connectivity index (χ4v) is 3.45. The molecule has 0 aliphatic carbocycles. The zero-order valence-electron chi connectivity index (χ0n) is 14.0. The van der Waals surface area contributed by atoms with E-state index >= 15 is 0 Å². The van der Waals surface area contributed by atoms with Crippen molar-refractivity contribution in [3.05, 3.63) is 65.2 Å². The second-order valence-corrected chi connectivity index (χ2v) is 6.80. The zero-order valence-corrected chi connectivity index (χ0v) is 14.8. The van der Waals surface area contributed by atoms with Gasteiger partial charge in [-0.1, -0.05) is 11.3 Å². The number of carbonyl (C=O) groups is 1. The standard InChI is InChI=1S/C18H14FN5OS/c1-10-9-13(17-23-24-11(2)21-22-18(24)26-17)5-8-15(10)20-16(25)12-3-6-14(19)7-4-12/h3-9H,1-2H3,(H,20,25). The Bertz CT molecular complexity index is 1120. The molecule has 0 aliphatic heterocycles. The Morgan fingerprint density at radius 3 is 2.58 bits per heavy atom. The van der Waals surface area contributed by atoms with E-state index in [0.717, 1.165) is 26.9 Å². The van der Waals surface area contributed by atoms with Gasteiger partial charge < -0.3 is 5.32 Å². The number of anilines is 1. The number of hydrogen-bond donors (Lipinski definition) is 1. The van der Waals surface area contributed by atoms with Crippen LogP contribution in [0.1, 0.15) is 21.7 Å². The van der Waals surface area contributed by atoms with E-state index in [9.17, 15) is 9.18 Å². The van der Waals surface area contributed by atoms with Crippen LogP contribution in [-0.4, -0.2) is 25.7 Å². The van der Waals surface area contributed by atoms with Gasteiger partial charge in [-0.25, -0.2) is 4.39 Å². The molecule has 6 nitrogen and oxygen atoms in total. The molecule has 0 bridgehead atoms. The highest BCUT2D eigenvalue weighted by Gasteiger charge is 2.13. The topological polar surface area (TPSA) is 72.2 Å². The average molecular weight is 367 g/mol. The first kappa shape index (κ1) is 16.3. The Hall–Kier alpha value is -3.13. The number of rotatable bonds is 3. The summed E-state index contributed by atoms with van der Waals surface area (Å²) in [5.74, 6) is 0.0833. The summed E-state index contributed by atoms with van der Waals surface area (Å²) in [6.07, 6.45) is 0. The van der Waals surface area contributed by atoms with Crippen molar-refractivity contribution in [3.63, 3.8) is 0 Å². The summed E-state index contributed by atoms with van der Waals surface area (Å²) in [4.78, 5) is 13.0. The minimum atomic E-state index is -0.373. The highest BCUT2D eigenvalue weighted by Crippen LogP contribution is 2.28. The molecule has 1 amide bonds. The normalized spacial score (nSPS) is 11.0. The van der Waals surface area contributed by atoms with Gasteiger partial charge in [0.2, 0.25) is 4.96 Å². The van der Waals surface area contributed by atoms with Crippen LogP contribution < -0.4 is 5.32 Å². The molecule has 2 aromatic heterocycles. The summed E-state index contributed by atoms with van der Waals surface area (Å²) in [7, 11) is 0. The molecule has 0 aliphatic rings. The number of amides is 1. The van der Waals surface area contributed by atoms with Gasteiger partial charge >= 0.3 is 0 Å². The van der Waals surface area contributed by atoms with Gasteiger partial charge in [-0.3, -0.25) is 4.79 Å². The van der Waals surface area contributed by atoms with Crippen LogP contribution in [0.15, 0.2) is 42.5 Å². The van der Waals surface area contributed by atoms with Gasteiger partial charge in [0.05, 0.1) is 0 Å². The molecular formula is C18H14FN5OS. The van der Waals surface area contributed by atoms with Crippen LogP contribution in [0.25, 0.3) is 15.5 Å². The van der Waals surface area contributed by atoms with Crippen LogP contribution in [0.4, 0.5) is 10.1 Å². The van der Waals surface area contributed by atoms with Crippen LogP contribution >= 0.6 is 11.3 Å². The summed E-state index contributed by atoms with van der Waals surface area (Å²) in [5.41, 5.74) is 2.94. The molecule has 0 fully saturated rings. The maximum Gasteiger partial charge on any atom is 0.255 e. The van der Waals surface area contributed by atoms with E-state index in [4.69, 9.17) is 0 Å². The number of aromatic nitrogens is 4. The zero-order chi connectivity index (χ0) is 18.3. The first-order chi connectivity index (χ1) is 12.5. The monoisotopic (exact) mass is 367 g/mol. The van der Waals surface area contributed by atoms with Gasteiger partial charge in [0.15, 0.2) is 5.82 Å². The molecule has 1 N–H and O–H groups in total. The quantitative estimate of drug-likeness (QED) is 0.597. The lowest BCUT2D eigenvalue weighted by atomic mass is 10.1. The van der Waals surface area contributed by atoms with Crippen molar-refractivity contribution in [1.29, 1.82) is 0 Å². The summed E-state index contributed by atoms with van der Waals surface area (Å²) in [6, 6.07) is 11.1. The number of nitrogens with zero attached hydrogens (tertiary/aromatic N) is 4. The van der Waals surface area contributed by atoms with Crippen LogP contribution in [-0.2, 0) is 0 Å². The molecule has 2 aromatic carbocycles. The maximum atomic E-state index is 13.0. The molecule has 4 aromatic rings. The molecule has 8 heteroatoms. The third-order valence-electron chi connectivity index (χ3n) is 3.97. The highest BCUT2D eigenvalue weighted by atomic mass is 32.1. The van der Waals surface area contributed by atoms with Gasteiger partial charge in [-0.2, -0.15) is 9.61 Å². The largest absolute Gasteiger partial charge is 0.322 e. The number of fused-ring (bicyclic) bond motifs is 1. The minimum Gasteiger partial charge on any atom is -0.322 e. The van der Waals surface area contributed by atoms with Gasteiger partial charge in [0.25, 0.3) is 5.91 Å². The lowest BCUT2D eigenvalue weighted by Gasteiger charge is -2.09. The number of hydrogen-bond acceptors (Lipinski definition) is 5. The summed E-state index contributed by atoms with van der Waals surface area (Å²) in [5, 5.41) is 16.2. The number of carbonyl (C=O) groups excluding carboxylic acids is 1. The Kier molecular flexibility index (Phi) is 3.96. The van der Waals surface area contributed by atoms with Crippen molar-refractivity contribution < 1.29 is 9.18 Å². The van der Waals surface area contributed by atoms with Gasteiger partial charge in [0.1, 0.15) is 10.8 Å².